The van der Waals surface area contributed by atoms with Gasteiger partial charge in [0.1, 0.15) is 5.60 Å². The highest BCUT2D eigenvalue weighted by molar-refractivity contribution is 6.34. The summed E-state index contributed by atoms with van der Waals surface area (Å²) in [6.07, 6.45) is 1.38. The summed E-state index contributed by atoms with van der Waals surface area (Å²) < 4.78 is 40.3. The summed E-state index contributed by atoms with van der Waals surface area (Å²) in [6.45, 7) is 6.12. The molecule has 10 nitrogen and oxygen atoms in total. The number of ether oxygens (including phenoxy) is 2. The summed E-state index contributed by atoms with van der Waals surface area (Å²) in [5.74, 6) is -3.64. The highest BCUT2D eigenvalue weighted by Gasteiger charge is 2.31. The summed E-state index contributed by atoms with van der Waals surface area (Å²) in [5.41, 5.74) is -0.0460. The van der Waals surface area contributed by atoms with Gasteiger partial charge in [-0.25, -0.2) is 14.2 Å². The highest BCUT2D eigenvalue weighted by atomic mass is 35.5. The normalized spacial score (nSPS) is 15.0. The Morgan fingerprint density at radius 3 is 2.49 bits per heavy atom. The van der Waals surface area contributed by atoms with E-state index < -0.39 is 35.1 Å². The van der Waals surface area contributed by atoms with Crippen molar-refractivity contribution in [1.82, 2.24) is 19.8 Å². The number of rotatable bonds is 6. The van der Waals surface area contributed by atoms with Crippen molar-refractivity contribution in [2.24, 2.45) is 7.05 Å². The van der Waals surface area contributed by atoms with Crippen molar-refractivity contribution in [2.45, 2.75) is 38.8 Å². The standard InChI is InChI=1S/C28H30ClF2N5O5/c1-28(2,3)41-27(39)36-11-10-16(14-36)34-25(37)17-7-6-15(12-19(17)29)33-26(38)24-32-13-20(35(24)4)18-8-9-21(40-5)23(31)22(18)30/h6-9,12-13,16H,10-11,14H2,1-5H3,(H,33,38)(H,34,37). The summed E-state index contributed by atoms with van der Waals surface area (Å²) in [4.78, 5) is 43.7. The Labute approximate surface area is 240 Å². The van der Waals surface area contributed by atoms with E-state index >= 15 is 0 Å². The third kappa shape index (κ3) is 6.59. The molecule has 2 heterocycles. The molecular weight excluding hydrogens is 560 g/mol. The molecule has 3 amide bonds. The maximum Gasteiger partial charge on any atom is 0.410 e. The van der Waals surface area contributed by atoms with Gasteiger partial charge >= 0.3 is 6.09 Å². The summed E-state index contributed by atoms with van der Waals surface area (Å²) in [7, 11) is 2.72. The van der Waals surface area contributed by atoms with E-state index in [1.165, 1.54) is 55.3 Å². The third-order valence-electron chi connectivity index (χ3n) is 6.38. The molecule has 13 heteroatoms. The predicted octanol–water partition coefficient (Wildman–Crippen LogP) is 5.02. The molecule has 0 spiro atoms. The van der Waals surface area contributed by atoms with E-state index in [0.29, 0.717) is 25.2 Å². The lowest BCUT2D eigenvalue weighted by Gasteiger charge is -2.24. The Balaban J connectivity index is 1.40. The average Bonchev–Trinajstić information content (AvgIpc) is 3.51. The fourth-order valence-corrected chi connectivity index (χ4v) is 4.62. The molecule has 0 bridgehead atoms. The quantitative estimate of drug-likeness (QED) is 0.417. The summed E-state index contributed by atoms with van der Waals surface area (Å²) in [5, 5.41) is 5.61. The van der Waals surface area contributed by atoms with Crippen molar-refractivity contribution in [2.75, 3.05) is 25.5 Å². The molecule has 1 unspecified atom stereocenters. The Morgan fingerprint density at radius 2 is 1.83 bits per heavy atom. The third-order valence-corrected chi connectivity index (χ3v) is 6.69. The lowest BCUT2D eigenvalue weighted by molar-refractivity contribution is 0.0290. The molecule has 3 aromatic rings. The summed E-state index contributed by atoms with van der Waals surface area (Å²) >= 11 is 6.36. The average molecular weight is 590 g/mol. The van der Waals surface area contributed by atoms with Gasteiger partial charge in [-0.1, -0.05) is 11.6 Å². The van der Waals surface area contributed by atoms with Gasteiger partial charge in [0, 0.05) is 37.4 Å². The number of methoxy groups -OCH3 is 1. The second kappa shape index (κ2) is 11.7. The van der Waals surface area contributed by atoms with Crippen LogP contribution in [-0.2, 0) is 11.8 Å². The van der Waals surface area contributed by atoms with Crippen LogP contribution in [0.25, 0.3) is 11.3 Å². The van der Waals surface area contributed by atoms with Crippen molar-refractivity contribution in [3.05, 3.63) is 64.6 Å². The zero-order valence-electron chi connectivity index (χ0n) is 23.2. The van der Waals surface area contributed by atoms with Gasteiger partial charge in [-0.05, 0) is 57.5 Å². The second-order valence-electron chi connectivity index (χ2n) is 10.5. The lowest BCUT2D eigenvalue weighted by atomic mass is 10.1. The molecule has 0 saturated carbocycles. The first kappa shape index (κ1) is 29.8. The van der Waals surface area contributed by atoms with Gasteiger partial charge in [0.05, 0.1) is 29.6 Å². The van der Waals surface area contributed by atoms with Gasteiger partial charge in [-0.15, -0.1) is 0 Å². The molecule has 1 saturated heterocycles. The van der Waals surface area contributed by atoms with Crippen LogP contribution in [0.4, 0.5) is 19.3 Å². The van der Waals surface area contributed by atoms with Crippen LogP contribution in [-0.4, -0.2) is 64.2 Å². The lowest BCUT2D eigenvalue weighted by Crippen LogP contribution is -2.40. The molecule has 1 aromatic heterocycles. The van der Waals surface area contributed by atoms with Crippen LogP contribution in [0.2, 0.25) is 5.02 Å². The van der Waals surface area contributed by atoms with Crippen LogP contribution in [0.1, 0.15) is 48.2 Å². The van der Waals surface area contributed by atoms with E-state index in [1.54, 1.807) is 25.7 Å². The van der Waals surface area contributed by atoms with E-state index in [9.17, 15) is 23.2 Å². The monoisotopic (exact) mass is 589 g/mol. The van der Waals surface area contributed by atoms with Gasteiger partial charge in [0.15, 0.2) is 17.4 Å². The highest BCUT2D eigenvalue weighted by Crippen LogP contribution is 2.30. The fourth-order valence-electron chi connectivity index (χ4n) is 4.36. The molecular formula is C28H30ClF2N5O5. The minimum atomic E-state index is -1.15. The maximum absolute atomic E-state index is 14.6. The zero-order chi connectivity index (χ0) is 30.1. The van der Waals surface area contributed by atoms with Crippen molar-refractivity contribution in [3.8, 4) is 17.0 Å². The maximum atomic E-state index is 14.6. The van der Waals surface area contributed by atoms with Crippen LogP contribution in [0.3, 0.4) is 0 Å². The minimum absolute atomic E-state index is 0.0654. The number of carbonyl (C=O) groups excluding carboxylic acids is 3. The van der Waals surface area contributed by atoms with Crippen LogP contribution < -0.4 is 15.4 Å². The molecule has 1 aliphatic heterocycles. The molecule has 4 rings (SSSR count). The van der Waals surface area contributed by atoms with Gasteiger partial charge in [-0.3, -0.25) is 9.59 Å². The number of nitrogens with one attached hydrogen (secondary N) is 2. The Hall–Kier alpha value is -4.19. The number of nitrogens with zero attached hydrogens (tertiary/aromatic N) is 3. The number of likely N-dealkylation sites (tertiary alicyclic amines) is 1. The molecule has 2 N–H and O–H groups in total. The SMILES string of the molecule is COc1ccc(-c2cnc(C(=O)Nc3ccc(C(=O)NC4CCN(C(=O)OC(C)(C)C)C4)c(Cl)c3)n2C)c(F)c1F. The number of imidazole rings is 1. The molecule has 0 aliphatic carbocycles. The number of halogens is 3. The number of aromatic nitrogens is 2. The van der Waals surface area contributed by atoms with Crippen molar-refractivity contribution < 1.29 is 32.6 Å². The van der Waals surface area contributed by atoms with Crippen LogP contribution in [0.15, 0.2) is 36.5 Å². The molecule has 41 heavy (non-hydrogen) atoms. The van der Waals surface area contributed by atoms with Crippen molar-refractivity contribution >= 4 is 35.2 Å². The minimum Gasteiger partial charge on any atom is -0.494 e. The number of amides is 3. The smallest absolute Gasteiger partial charge is 0.410 e. The zero-order valence-corrected chi connectivity index (χ0v) is 23.9. The van der Waals surface area contributed by atoms with Gasteiger partial charge in [0.25, 0.3) is 11.8 Å². The number of anilines is 1. The first-order valence-corrected chi connectivity index (χ1v) is 13.1. The Kier molecular flexibility index (Phi) is 8.52. The molecule has 0 radical (unpaired) electrons. The van der Waals surface area contributed by atoms with Gasteiger partial charge in [-0.2, -0.15) is 4.39 Å². The Bertz CT molecular complexity index is 1500. The molecule has 1 fully saturated rings. The first-order chi connectivity index (χ1) is 19.3. The first-order valence-electron chi connectivity index (χ1n) is 12.7. The van der Waals surface area contributed by atoms with Crippen molar-refractivity contribution in [1.29, 1.82) is 0 Å². The molecule has 1 aliphatic rings. The fraction of sp³-hybridized carbons (Fsp3) is 0.357. The summed E-state index contributed by atoms with van der Waals surface area (Å²) in [6, 6.07) is 6.73. The topological polar surface area (TPSA) is 115 Å². The van der Waals surface area contributed by atoms with E-state index in [2.05, 4.69) is 15.6 Å². The van der Waals surface area contributed by atoms with Crippen LogP contribution in [0, 0.1) is 11.6 Å². The number of hydrogen-bond acceptors (Lipinski definition) is 6. The van der Waals surface area contributed by atoms with E-state index in [-0.39, 0.29) is 39.5 Å². The molecule has 2 aromatic carbocycles. The van der Waals surface area contributed by atoms with E-state index in [4.69, 9.17) is 21.1 Å². The van der Waals surface area contributed by atoms with E-state index in [0.717, 1.165) is 0 Å². The molecule has 1 atom stereocenters. The largest absolute Gasteiger partial charge is 0.494 e. The second-order valence-corrected chi connectivity index (χ2v) is 10.9. The number of benzene rings is 2. The number of carbonyl (C=O) groups is 3. The van der Waals surface area contributed by atoms with Crippen LogP contribution >= 0.6 is 11.6 Å². The Morgan fingerprint density at radius 1 is 1.10 bits per heavy atom. The van der Waals surface area contributed by atoms with Crippen molar-refractivity contribution in [3.63, 3.8) is 0 Å². The van der Waals surface area contributed by atoms with Gasteiger partial charge in [0.2, 0.25) is 5.82 Å². The van der Waals surface area contributed by atoms with E-state index in [1.807, 2.05) is 0 Å². The predicted molar refractivity (Wildman–Crippen MR) is 148 cm³/mol. The van der Waals surface area contributed by atoms with Crippen LogP contribution in [0.5, 0.6) is 5.75 Å². The van der Waals surface area contributed by atoms with Gasteiger partial charge < -0.3 is 29.6 Å². The molecule has 218 valence electrons. The number of hydrogen-bond donors (Lipinski definition) is 2.